The van der Waals surface area contributed by atoms with Gasteiger partial charge in [-0.1, -0.05) is 35.9 Å². The Hall–Kier alpha value is -2.25. The average molecular weight is 419 g/mol. The first-order valence-corrected chi connectivity index (χ1v) is 11.2. The fourth-order valence-corrected chi connectivity index (χ4v) is 5.56. The second kappa shape index (κ2) is 7.64. The lowest BCUT2D eigenvalue weighted by Crippen LogP contribution is -2.53. The van der Waals surface area contributed by atoms with Crippen LogP contribution in [0.15, 0.2) is 58.4 Å². The lowest BCUT2D eigenvalue weighted by Gasteiger charge is -2.39. The summed E-state index contributed by atoms with van der Waals surface area (Å²) in [7, 11) is -3.61. The molecule has 0 saturated carbocycles. The Balaban J connectivity index is 1.50. The zero-order valence-corrected chi connectivity index (χ0v) is 17.3. The number of rotatable bonds is 3. The molecule has 148 valence electrons. The molecule has 0 unspecified atom stereocenters. The van der Waals surface area contributed by atoms with Crippen molar-refractivity contribution < 1.29 is 8.42 Å². The molecule has 2 aromatic carbocycles. The number of anilines is 1. The maximum atomic E-state index is 13.2. The van der Waals surface area contributed by atoms with Crippen molar-refractivity contribution in [3.63, 3.8) is 0 Å². The second-order valence-electron chi connectivity index (χ2n) is 6.98. The summed E-state index contributed by atoms with van der Waals surface area (Å²) < 4.78 is 27.9. The van der Waals surface area contributed by atoms with Crippen molar-refractivity contribution in [1.29, 1.82) is 0 Å². The van der Waals surface area contributed by atoms with Crippen molar-refractivity contribution in [2.75, 3.05) is 44.2 Å². The first kappa shape index (κ1) is 19.1. The van der Waals surface area contributed by atoms with Crippen LogP contribution in [0.4, 0.5) is 5.69 Å². The molecule has 2 aliphatic rings. The van der Waals surface area contributed by atoms with E-state index >= 15 is 0 Å². The third kappa shape index (κ3) is 3.56. The smallest absolute Gasteiger partial charge is 0.266 e. The van der Waals surface area contributed by atoms with Crippen LogP contribution in [0.5, 0.6) is 0 Å². The molecular weight excluding hydrogens is 396 g/mol. The summed E-state index contributed by atoms with van der Waals surface area (Å²) in [6, 6.07) is 14.9. The van der Waals surface area contributed by atoms with Crippen LogP contribution in [0.25, 0.3) is 0 Å². The van der Waals surface area contributed by atoms with Gasteiger partial charge in [-0.15, -0.1) is 0 Å². The number of nitrogens with zero attached hydrogens (tertiary/aromatic N) is 4. The molecule has 0 bridgehead atoms. The standard InChI is InChI=1S/C20H23ClN4O2S/c1-16-5-2-3-8-19(16)28(26,27)25-10-9-22-20(25)24-13-11-23(12-14-24)18-7-4-6-17(21)15-18/h2-8,15H,9-14H2,1H3. The lowest BCUT2D eigenvalue weighted by molar-refractivity contribution is 0.358. The third-order valence-electron chi connectivity index (χ3n) is 5.18. The molecule has 0 atom stereocenters. The summed E-state index contributed by atoms with van der Waals surface area (Å²) in [4.78, 5) is 9.21. The number of hydrogen-bond acceptors (Lipinski definition) is 5. The van der Waals surface area contributed by atoms with Gasteiger partial charge in [-0.25, -0.2) is 12.7 Å². The first-order valence-electron chi connectivity index (χ1n) is 9.35. The van der Waals surface area contributed by atoms with E-state index in [1.54, 1.807) is 12.1 Å². The molecule has 1 fully saturated rings. The Morgan fingerprint density at radius 1 is 0.929 bits per heavy atom. The van der Waals surface area contributed by atoms with Gasteiger partial charge in [0.15, 0.2) is 0 Å². The predicted molar refractivity (Wildman–Crippen MR) is 113 cm³/mol. The quantitative estimate of drug-likeness (QED) is 0.769. The zero-order chi connectivity index (χ0) is 19.7. The maximum Gasteiger partial charge on any atom is 0.266 e. The van der Waals surface area contributed by atoms with Crippen molar-refractivity contribution in [1.82, 2.24) is 9.21 Å². The summed E-state index contributed by atoms with van der Waals surface area (Å²) in [5.74, 6) is 0.564. The Bertz CT molecular complexity index is 1000. The fourth-order valence-electron chi connectivity index (χ4n) is 3.71. The van der Waals surface area contributed by atoms with Gasteiger partial charge in [0.25, 0.3) is 10.0 Å². The third-order valence-corrected chi connectivity index (χ3v) is 7.35. The first-order chi connectivity index (χ1) is 13.5. The molecule has 0 aromatic heterocycles. The highest BCUT2D eigenvalue weighted by molar-refractivity contribution is 7.89. The predicted octanol–water partition coefficient (Wildman–Crippen LogP) is 2.83. The second-order valence-corrected chi connectivity index (χ2v) is 9.25. The van der Waals surface area contributed by atoms with Crippen LogP contribution < -0.4 is 4.90 Å². The zero-order valence-electron chi connectivity index (χ0n) is 15.8. The molecule has 2 aromatic rings. The molecule has 0 aliphatic carbocycles. The average Bonchev–Trinajstić information content (AvgIpc) is 3.19. The van der Waals surface area contributed by atoms with E-state index in [1.165, 1.54) is 4.31 Å². The summed E-state index contributed by atoms with van der Waals surface area (Å²) in [5.41, 5.74) is 1.84. The Kier molecular flexibility index (Phi) is 5.21. The summed E-state index contributed by atoms with van der Waals surface area (Å²) in [6.07, 6.45) is 0. The minimum Gasteiger partial charge on any atom is -0.368 e. The number of aryl methyl sites for hydroxylation is 1. The molecule has 4 rings (SSSR count). The van der Waals surface area contributed by atoms with E-state index < -0.39 is 10.0 Å². The van der Waals surface area contributed by atoms with Gasteiger partial charge in [-0.05, 0) is 36.8 Å². The minimum atomic E-state index is -3.61. The van der Waals surface area contributed by atoms with Gasteiger partial charge in [-0.2, -0.15) is 0 Å². The number of halogens is 1. The van der Waals surface area contributed by atoms with Gasteiger partial charge in [0, 0.05) is 36.9 Å². The topological polar surface area (TPSA) is 56.2 Å². The highest BCUT2D eigenvalue weighted by atomic mass is 35.5. The molecule has 8 heteroatoms. The van der Waals surface area contributed by atoms with Gasteiger partial charge in [0.2, 0.25) is 5.96 Å². The SMILES string of the molecule is Cc1ccccc1S(=O)(=O)N1CCN=C1N1CCN(c2cccc(Cl)c2)CC1. The molecule has 0 radical (unpaired) electrons. The fraction of sp³-hybridized carbons (Fsp3) is 0.350. The Labute approximate surface area is 171 Å². The lowest BCUT2D eigenvalue weighted by atomic mass is 10.2. The van der Waals surface area contributed by atoms with E-state index in [9.17, 15) is 8.42 Å². The molecule has 0 spiro atoms. The molecule has 28 heavy (non-hydrogen) atoms. The molecule has 2 heterocycles. The number of piperazine rings is 1. The van der Waals surface area contributed by atoms with Crippen LogP contribution in [-0.4, -0.2) is 62.9 Å². The van der Waals surface area contributed by atoms with Crippen molar-refractivity contribution in [2.45, 2.75) is 11.8 Å². The molecule has 6 nitrogen and oxygen atoms in total. The van der Waals surface area contributed by atoms with E-state index in [2.05, 4.69) is 14.8 Å². The van der Waals surface area contributed by atoms with E-state index in [0.717, 1.165) is 29.4 Å². The number of benzene rings is 2. The Morgan fingerprint density at radius 2 is 1.64 bits per heavy atom. The van der Waals surface area contributed by atoms with Gasteiger partial charge in [0.1, 0.15) is 0 Å². The molecule has 0 amide bonds. The van der Waals surface area contributed by atoms with Gasteiger partial charge >= 0.3 is 0 Å². The molecular formula is C20H23ClN4O2S. The van der Waals surface area contributed by atoms with E-state index in [-0.39, 0.29) is 0 Å². The van der Waals surface area contributed by atoms with Crippen LogP contribution >= 0.6 is 11.6 Å². The normalized spacial score (nSPS) is 17.8. The highest BCUT2D eigenvalue weighted by Gasteiger charge is 2.35. The van der Waals surface area contributed by atoms with Crippen LogP contribution in [0.3, 0.4) is 0 Å². The van der Waals surface area contributed by atoms with Crippen LogP contribution in [0, 0.1) is 6.92 Å². The highest BCUT2D eigenvalue weighted by Crippen LogP contribution is 2.25. The largest absolute Gasteiger partial charge is 0.368 e. The molecule has 2 aliphatic heterocycles. The number of sulfonamides is 1. The van der Waals surface area contributed by atoms with Gasteiger partial charge < -0.3 is 9.80 Å². The van der Waals surface area contributed by atoms with E-state index in [4.69, 9.17) is 11.6 Å². The maximum absolute atomic E-state index is 13.2. The number of hydrogen-bond donors (Lipinski definition) is 0. The van der Waals surface area contributed by atoms with Crippen LogP contribution in [0.2, 0.25) is 5.02 Å². The minimum absolute atomic E-state index is 0.349. The molecule has 1 saturated heterocycles. The summed E-state index contributed by atoms with van der Waals surface area (Å²) in [6.45, 7) is 5.71. The summed E-state index contributed by atoms with van der Waals surface area (Å²) in [5, 5.41) is 0.718. The monoisotopic (exact) mass is 418 g/mol. The number of guanidine groups is 1. The van der Waals surface area contributed by atoms with E-state index in [1.807, 2.05) is 43.3 Å². The van der Waals surface area contributed by atoms with Gasteiger partial charge in [-0.3, -0.25) is 4.99 Å². The van der Waals surface area contributed by atoms with Crippen molar-refractivity contribution >= 4 is 33.3 Å². The van der Waals surface area contributed by atoms with E-state index in [0.29, 0.717) is 37.0 Å². The van der Waals surface area contributed by atoms with Gasteiger partial charge in [0.05, 0.1) is 18.0 Å². The Morgan fingerprint density at radius 3 is 2.36 bits per heavy atom. The van der Waals surface area contributed by atoms with Crippen molar-refractivity contribution in [2.24, 2.45) is 4.99 Å². The number of aliphatic imine (C=N–C) groups is 1. The summed E-state index contributed by atoms with van der Waals surface area (Å²) >= 11 is 6.11. The van der Waals surface area contributed by atoms with Crippen LogP contribution in [-0.2, 0) is 10.0 Å². The van der Waals surface area contributed by atoms with Crippen molar-refractivity contribution in [3.8, 4) is 0 Å². The van der Waals surface area contributed by atoms with Crippen LogP contribution in [0.1, 0.15) is 5.56 Å². The van der Waals surface area contributed by atoms with Crippen molar-refractivity contribution in [3.05, 3.63) is 59.1 Å². The molecule has 0 N–H and O–H groups in total.